The number of hydrogen-bond donors (Lipinski definition) is 2. The summed E-state index contributed by atoms with van der Waals surface area (Å²) < 4.78 is 0. The number of nitrogens with zero attached hydrogens (tertiary/aromatic N) is 1. The first-order valence-electron chi connectivity index (χ1n) is 4.45. The third-order valence-electron chi connectivity index (χ3n) is 2.60. The number of amides is 2. The van der Waals surface area contributed by atoms with Gasteiger partial charge in [-0.3, -0.25) is 14.5 Å². The summed E-state index contributed by atoms with van der Waals surface area (Å²) >= 11 is 0. The molecule has 2 heterocycles. The molecule has 0 aliphatic carbocycles. The predicted octanol–water partition coefficient (Wildman–Crippen LogP) is -1.69. The van der Waals surface area contributed by atoms with Crippen LogP contribution in [0.3, 0.4) is 0 Å². The highest BCUT2D eigenvalue weighted by molar-refractivity contribution is 6.05. The lowest BCUT2D eigenvalue weighted by atomic mass is 10.1. The van der Waals surface area contributed by atoms with Gasteiger partial charge in [-0.15, -0.1) is 0 Å². The number of carbonyl (C=O) groups is 2. The predicted molar refractivity (Wildman–Crippen MR) is 46.0 cm³/mol. The summed E-state index contributed by atoms with van der Waals surface area (Å²) in [6.07, 6.45) is 0.311. The van der Waals surface area contributed by atoms with E-state index in [-0.39, 0.29) is 17.9 Å². The summed E-state index contributed by atoms with van der Waals surface area (Å²) in [6.45, 7) is 1.78. The van der Waals surface area contributed by atoms with E-state index in [1.165, 1.54) is 11.9 Å². The SMILES string of the molecule is CN1C(=O)CC(NC2CNC2)C1=O. The van der Waals surface area contributed by atoms with Gasteiger partial charge in [0.05, 0.1) is 12.5 Å². The van der Waals surface area contributed by atoms with Crippen LogP contribution in [0.5, 0.6) is 0 Å². The second kappa shape index (κ2) is 3.08. The fourth-order valence-electron chi connectivity index (χ4n) is 1.58. The first-order valence-corrected chi connectivity index (χ1v) is 4.45. The molecule has 0 aromatic carbocycles. The van der Waals surface area contributed by atoms with Crippen molar-refractivity contribution in [2.75, 3.05) is 20.1 Å². The average molecular weight is 183 g/mol. The zero-order chi connectivity index (χ0) is 9.42. The lowest BCUT2D eigenvalue weighted by Gasteiger charge is -2.30. The zero-order valence-electron chi connectivity index (χ0n) is 7.54. The van der Waals surface area contributed by atoms with Crippen LogP contribution < -0.4 is 10.6 Å². The third kappa shape index (κ3) is 1.45. The molecule has 2 aliphatic rings. The van der Waals surface area contributed by atoms with Crippen molar-refractivity contribution >= 4 is 11.8 Å². The van der Waals surface area contributed by atoms with Crippen molar-refractivity contribution in [3.63, 3.8) is 0 Å². The quantitative estimate of drug-likeness (QED) is 0.501. The maximum atomic E-state index is 11.4. The largest absolute Gasteiger partial charge is 0.314 e. The molecule has 2 fully saturated rings. The van der Waals surface area contributed by atoms with Gasteiger partial charge in [0.2, 0.25) is 11.8 Å². The van der Waals surface area contributed by atoms with E-state index in [2.05, 4.69) is 10.6 Å². The molecule has 0 saturated carbocycles. The van der Waals surface area contributed by atoms with Gasteiger partial charge >= 0.3 is 0 Å². The van der Waals surface area contributed by atoms with Crippen molar-refractivity contribution in [1.29, 1.82) is 0 Å². The first kappa shape index (κ1) is 8.65. The molecule has 1 unspecified atom stereocenters. The monoisotopic (exact) mass is 183 g/mol. The maximum Gasteiger partial charge on any atom is 0.246 e. The van der Waals surface area contributed by atoms with E-state index in [4.69, 9.17) is 0 Å². The van der Waals surface area contributed by atoms with E-state index in [1.807, 2.05) is 0 Å². The number of rotatable bonds is 2. The summed E-state index contributed by atoms with van der Waals surface area (Å²) in [5, 5.41) is 6.25. The molecule has 0 radical (unpaired) electrons. The van der Waals surface area contributed by atoms with Gasteiger partial charge in [-0.25, -0.2) is 0 Å². The molecule has 2 rings (SSSR count). The molecule has 13 heavy (non-hydrogen) atoms. The van der Waals surface area contributed by atoms with Crippen molar-refractivity contribution in [2.45, 2.75) is 18.5 Å². The highest BCUT2D eigenvalue weighted by Gasteiger charge is 2.37. The Morgan fingerprint density at radius 3 is 2.54 bits per heavy atom. The maximum absolute atomic E-state index is 11.4. The number of hydrogen-bond acceptors (Lipinski definition) is 4. The minimum Gasteiger partial charge on any atom is -0.314 e. The van der Waals surface area contributed by atoms with Crippen molar-refractivity contribution < 1.29 is 9.59 Å². The zero-order valence-corrected chi connectivity index (χ0v) is 7.54. The first-order chi connectivity index (χ1) is 6.18. The van der Waals surface area contributed by atoms with E-state index in [1.54, 1.807) is 0 Å². The van der Waals surface area contributed by atoms with Crippen LogP contribution in [-0.2, 0) is 9.59 Å². The van der Waals surface area contributed by atoms with Crippen LogP contribution >= 0.6 is 0 Å². The highest BCUT2D eigenvalue weighted by atomic mass is 16.2. The number of likely N-dealkylation sites (tertiary alicyclic amines) is 1. The Balaban J connectivity index is 1.93. The van der Waals surface area contributed by atoms with Crippen LogP contribution in [0, 0.1) is 0 Å². The Labute approximate surface area is 76.5 Å². The van der Waals surface area contributed by atoms with Gasteiger partial charge in [0.1, 0.15) is 0 Å². The van der Waals surface area contributed by atoms with E-state index in [0.29, 0.717) is 12.5 Å². The van der Waals surface area contributed by atoms with Crippen LogP contribution in [0.2, 0.25) is 0 Å². The van der Waals surface area contributed by atoms with E-state index < -0.39 is 0 Å². The average Bonchev–Trinajstić information content (AvgIpc) is 2.26. The number of nitrogens with one attached hydrogen (secondary N) is 2. The van der Waals surface area contributed by atoms with Crippen molar-refractivity contribution in [3.05, 3.63) is 0 Å². The normalized spacial score (nSPS) is 29.6. The third-order valence-corrected chi connectivity index (χ3v) is 2.60. The van der Waals surface area contributed by atoms with Crippen LogP contribution in [0.25, 0.3) is 0 Å². The number of carbonyl (C=O) groups excluding carboxylic acids is 2. The molecule has 0 aromatic rings. The molecule has 5 nitrogen and oxygen atoms in total. The number of imide groups is 1. The molecular formula is C8H13N3O2. The molecule has 0 bridgehead atoms. The molecule has 0 spiro atoms. The van der Waals surface area contributed by atoms with Gasteiger partial charge in [-0.1, -0.05) is 0 Å². The Morgan fingerprint density at radius 2 is 2.15 bits per heavy atom. The molecule has 2 amide bonds. The second-order valence-corrected chi connectivity index (χ2v) is 3.57. The number of likely N-dealkylation sites (N-methyl/N-ethyl adjacent to an activating group) is 1. The fourth-order valence-corrected chi connectivity index (χ4v) is 1.58. The molecule has 5 heteroatoms. The molecule has 2 aliphatic heterocycles. The minimum atomic E-state index is -0.287. The summed E-state index contributed by atoms with van der Waals surface area (Å²) in [5.41, 5.74) is 0. The topological polar surface area (TPSA) is 61.4 Å². The molecule has 72 valence electrons. The Kier molecular flexibility index (Phi) is 2.05. The van der Waals surface area contributed by atoms with Crippen molar-refractivity contribution in [3.8, 4) is 0 Å². The minimum absolute atomic E-state index is 0.0882. The van der Waals surface area contributed by atoms with Crippen molar-refractivity contribution in [1.82, 2.24) is 15.5 Å². The fraction of sp³-hybridized carbons (Fsp3) is 0.750. The van der Waals surface area contributed by atoms with E-state index >= 15 is 0 Å². The molecule has 2 N–H and O–H groups in total. The van der Waals surface area contributed by atoms with Crippen molar-refractivity contribution in [2.24, 2.45) is 0 Å². The van der Waals surface area contributed by atoms with Gasteiger partial charge < -0.3 is 10.6 Å². The van der Waals surface area contributed by atoms with Crippen LogP contribution in [-0.4, -0.2) is 48.9 Å². The summed E-state index contributed by atoms with van der Waals surface area (Å²) in [6, 6.07) is 0.0675. The van der Waals surface area contributed by atoms with E-state index in [9.17, 15) is 9.59 Å². The lowest BCUT2D eigenvalue weighted by Crippen LogP contribution is -2.59. The van der Waals surface area contributed by atoms with Crippen LogP contribution in [0.4, 0.5) is 0 Å². The van der Waals surface area contributed by atoms with E-state index in [0.717, 1.165) is 13.1 Å². The lowest BCUT2D eigenvalue weighted by molar-refractivity contribution is -0.137. The van der Waals surface area contributed by atoms with Gasteiger partial charge in [-0.2, -0.15) is 0 Å². The summed E-state index contributed by atoms with van der Waals surface area (Å²) in [5.74, 6) is -0.188. The molecule has 2 saturated heterocycles. The van der Waals surface area contributed by atoms with Gasteiger partial charge in [0.25, 0.3) is 0 Å². The Morgan fingerprint density at radius 1 is 1.46 bits per heavy atom. The summed E-state index contributed by atoms with van der Waals surface area (Å²) in [4.78, 5) is 23.7. The smallest absolute Gasteiger partial charge is 0.246 e. The Bertz CT molecular complexity index is 250. The molecule has 1 atom stereocenters. The van der Waals surface area contributed by atoms with Crippen LogP contribution in [0.15, 0.2) is 0 Å². The summed E-state index contributed by atoms with van der Waals surface area (Å²) in [7, 11) is 1.53. The standard InChI is InChI=1S/C8H13N3O2/c1-11-7(12)2-6(8(11)13)10-5-3-9-4-5/h5-6,9-10H,2-4H2,1H3. The molecular weight excluding hydrogens is 170 g/mol. The van der Waals surface area contributed by atoms with Gasteiger partial charge in [0, 0.05) is 26.2 Å². The highest BCUT2D eigenvalue weighted by Crippen LogP contribution is 2.11. The van der Waals surface area contributed by atoms with Gasteiger partial charge in [0.15, 0.2) is 0 Å². The molecule has 0 aromatic heterocycles. The van der Waals surface area contributed by atoms with Gasteiger partial charge in [-0.05, 0) is 0 Å². The second-order valence-electron chi connectivity index (χ2n) is 3.57. The van der Waals surface area contributed by atoms with Crippen LogP contribution in [0.1, 0.15) is 6.42 Å². The Hall–Kier alpha value is -0.940.